The van der Waals surface area contributed by atoms with E-state index in [-0.39, 0.29) is 5.69 Å². The molecule has 5 heteroatoms. The third kappa shape index (κ3) is 2.87. The Morgan fingerprint density at radius 1 is 1.53 bits per heavy atom. The number of imidazole rings is 1. The van der Waals surface area contributed by atoms with Crippen molar-refractivity contribution in [2.24, 2.45) is 0 Å². The lowest BCUT2D eigenvalue weighted by Gasteiger charge is -2.05. The first kappa shape index (κ1) is 13.3. The molecule has 94 valence electrons. The quantitative estimate of drug-likeness (QED) is 0.640. The Bertz CT molecular complexity index is 443. The molecule has 0 bridgehead atoms. The van der Waals surface area contributed by atoms with Crippen LogP contribution in [0, 0.1) is 0 Å². The monoisotopic (exact) mass is 237 g/mol. The number of nitrogens with zero attached hydrogens (tertiary/aromatic N) is 2. The van der Waals surface area contributed by atoms with Crippen molar-refractivity contribution in [2.75, 3.05) is 12.8 Å². The second-order valence-corrected chi connectivity index (χ2v) is 4.00. The molecule has 0 aliphatic rings. The molecule has 17 heavy (non-hydrogen) atoms. The van der Waals surface area contributed by atoms with Gasteiger partial charge in [-0.2, -0.15) is 0 Å². The zero-order valence-electron chi connectivity index (χ0n) is 10.8. The standard InChI is InChI=1S/C12H19N3O2/c1-5-9-14-10(12(16)17-4)11(13)15(9)7-6-8(2)3/h6H,5,7,13H2,1-4H3. The predicted octanol–water partition coefficient (Wildman–Crippen LogP) is 1.78. The molecule has 0 aliphatic heterocycles. The summed E-state index contributed by atoms with van der Waals surface area (Å²) in [5.41, 5.74) is 7.31. The number of carbonyl (C=O) groups excluding carboxylic acids is 1. The summed E-state index contributed by atoms with van der Waals surface area (Å²) >= 11 is 0. The van der Waals surface area contributed by atoms with Crippen LogP contribution in [0.25, 0.3) is 0 Å². The molecule has 1 aromatic rings. The van der Waals surface area contributed by atoms with E-state index in [2.05, 4.69) is 9.72 Å². The van der Waals surface area contributed by atoms with Gasteiger partial charge in [0.2, 0.25) is 0 Å². The molecule has 1 aromatic heterocycles. The van der Waals surface area contributed by atoms with E-state index in [1.807, 2.05) is 31.4 Å². The average molecular weight is 237 g/mol. The van der Waals surface area contributed by atoms with Crippen LogP contribution in [0.4, 0.5) is 5.82 Å². The van der Waals surface area contributed by atoms with Gasteiger partial charge in [-0.1, -0.05) is 18.6 Å². The van der Waals surface area contributed by atoms with E-state index in [9.17, 15) is 4.79 Å². The molecule has 0 amide bonds. The van der Waals surface area contributed by atoms with Crippen LogP contribution in [0.15, 0.2) is 11.6 Å². The Morgan fingerprint density at radius 3 is 2.65 bits per heavy atom. The summed E-state index contributed by atoms with van der Waals surface area (Å²) in [6.45, 7) is 6.63. The summed E-state index contributed by atoms with van der Waals surface area (Å²) < 4.78 is 6.48. The Labute approximate surface area is 101 Å². The number of aromatic nitrogens is 2. The number of anilines is 1. The van der Waals surface area contributed by atoms with Crippen LogP contribution in [0.5, 0.6) is 0 Å². The number of hydrogen-bond donors (Lipinski definition) is 1. The smallest absolute Gasteiger partial charge is 0.360 e. The van der Waals surface area contributed by atoms with Gasteiger partial charge < -0.3 is 15.0 Å². The van der Waals surface area contributed by atoms with E-state index in [0.717, 1.165) is 12.2 Å². The Morgan fingerprint density at radius 2 is 2.18 bits per heavy atom. The lowest BCUT2D eigenvalue weighted by Crippen LogP contribution is -2.08. The first-order chi connectivity index (χ1) is 8.01. The predicted molar refractivity (Wildman–Crippen MR) is 66.8 cm³/mol. The van der Waals surface area contributed by atoms with Gasteiger partial charge in [-0.25, -0.2) is 9.78 Å². The number of allylic oxidation sites excluding steroid dienone is 2. The summed E-state index contributed by atoms with van der Waals surface area (Å²) in [7, 11) is 1.32. The van der Waals surface area contributed by atoms with E-state index >= 15 is 0 Å². The molecular weight excluding hydrogens is 218 g/mol. The second kappa shape index (κ2) is 5.52. The molecule has 1 heterocycles. The third-order valence-electron chi connectivity index (χ3n) is 2.46. The number of esters is 1. The van der Waals surface area contributed by atoms with Gasteiger partial charge in [-0.3, -0.25) is 0 Å². The summed E-state index contributed by atoms with van der Waals surface area (Å²) in [5.74, 6) is 0.666. The van der Waals surface area contributed by atoms with Crippen molar-refractivity contribution < 1.29 is 9.53 Å². The number of rotatable bonds is 4. The molecular formula is C12H19N3O2. The van der Waals surface area contributed by atoms with Gasteiger partial charge in [-0.05, 0) is 13.8 Å². The minimum absolute atomic E-state index is 0.200. The highest BCUT2D eigenvalue weighted by Gasteiger charge is 2.19. The number of aryl methyl sites for hydroxylation is 1. The number of ether oxygens (including phenoxy) is 1. The van der Waals surface area contributed by atoms with Crippen LogP contribution >= 0.6 is 0 Å². The van der Waals surface area contributed by atoms with Gasteiger partial charge in [0, 0.05) is 13.0 Å². The van der Waals surface area contributed by atoms with Crippen molar-refractivity contribution >= 4 is 11.8 Å². The highest BCUT2D eigenvalue weighted by molar-refractivity contribution is 5.92. The molecule has 0 atom stereocenters. The maximum Gasteiger partial charge on any atom is 0.360 e. The van der Waals surface area contributed by atoms with E-state index in [1.165, 1.54) is 12.7 Å². The molecule has 0 saturated carbocycles. The van der Waals surface area contributed by atoms with Crippen LogP contribution in [-0.4, -0.2) is 22.6 Å². The minimum atomic E-state index is -0.492. The minimum Gasteiger partial charge on any atom is -0.464 e. The van der Waals surface area contributed by atoms with Crippen LogP contribution in [0.2, 0.25) is 0 Å². The SMILES string of the molecule is CCc1nc(C(=O)OC)c(N)n1CC=C(C)C. The fraction of sp³-hybridized carbons (Fsp3) is 0.500. The van der Waals surface area contributed by atoms with Gasteiger partial charge in [0.1, 0.15) is 11.6 Å². The summed E-state index contributed by atoms with van der Waals surface area (Å²) in [6, 6.07) is 0. The van der Waals surface area contributed by atoms with Crippen LogP contribution in [-0.2, 0) is 17.7 Å². The highest BCUT2D eigenvalue weighted by atomic mass is 16.5. The van der Waals surface area contributed by atoms with Crippen molar-refractivity contribution in [3.8, 4) is 0 Å². The van der Waals surface area contributed by atoms with Crippen LogP contribution in [0.1, 0.15) is 37.1 Å². The van der Waals surface area contributed by atoms with Crippen molar-refractivity contribution in [1.82, 2.24) is 9.55 Å². The van der Waals surface area contributed by atoms with Gasteiger partial charge in [0.05, 0.1) is 7.11 Å². The summed E-state index contributed by atoms with van der Waals surface area (Å²) in [6.07, 6.45) is 2.76. The zero-order chi connectivity index (χ0) is 13.0. The maximum absolute atomic E-state index is 11.5. The zero-order valence-corrected chi connectivity index (χ0v) is 10.8. The lowest BCUT2D eigenvalue weighted by atomic mass is 10.3. The van der Waals surface area contributed by atoms with Gasteiger partial charge >= 0.3 is 5.97 Å². The first-order valence-corrected chi connectivity index (χ1v) is 5.57. The second-order valence-electron chi connectivity index (χ2n) is 4.00. The number of carbonyl (C=O) groups is 1. The lowest BCUT2D eigenvalue weighted by molar-refractivity contribution is 0.0595. The van der Waals surface area contributed by atoms with Crippen molar-refractivity contribution in [1.29, 1.82) is 0 Å². The van der Waals surface area contributed by atoms with Crippen molar-refractivity contribution in [3.05, 3.63) is 23.2 Å². The molecule has 5 nitrogen and oxygen atoms in total. The number of nitrogens with two attached hydrogens (primary N) is 1. The maximum atomic E-state index is 11.5. The third-order valence-corrected chi connectivity index (χ3v) is 2.46. The van der Waals surface area contributed by atoms with Gasteiger partial charge in [0.25, 0.3) is 0 Å². The van der Waals surface area contributed by atoms with Gasteiger partial charge in [-0.15, -0.1) is 0 Å². The molecule has 0 aliphatic carbocycles. The fourth-order valence-corrected chi connectivity index (χ4v) is 1.51. The van der Waals surface area contributed by atoms with Crippen LogP contribution < -0.4 is 5.73 Å². The summed E-state index contributed by atoms with van der Waals surface area (Å²) in [4.78, 5) is 15.7. The highest BCUT2D eigenvalue weighted by Crippen LogP contribution is 2.16. The molecule has 0 spiro atoms. The Hall–Kier alpha value is -1.78. The van der Waals surface area contributed by atoms with E-state index in [0.29, 0.717) is 12.4 Å². The topological polar surface area (TPSA) is 70.1 Å². The molecule has 2 N–H and O–H groups in total. The van der Waals surface area contributed by atoms with Gasteiger partial charge in [0.15, 0.2) is 5.69 Å². The van der Waals surface area contributed by atoms with Crippen molar-refractivity contribution in [3.63, 3.8) is 0 Å². The molecule has 0 saturated heterocycles. The molecule has 0 aromatic carbocycles. The number of hydrogen-bond acceptors (Lipinski definition) is 4. The Balaban J connectivity index is 3.15. The van der Waals surface area contributed by atoms with Crippen molar-refractivity contribution in [2.45, 2.75) is 33.7 Å². The first-order valence-electron chi connectivity index (χ1n) is 5.57. The summed E-state index contributed by atoms with van der Waals surface area (Å²) in [5, 5.41) is 0. The molecule has 0 unspecified atom stereocenters. The normalized spacial score (nSPS) is 10.1. The van der Waals surface area contributed by atoms with E-state index < -0.39 is 5.97 Å². The largest absolute Gasteiger partial charge is 0.464 e. The molecule has 0 fully saturated rings. The molecule has 0 radical (unpaired) electrons. The van der Waals surface area contributed by atoms with E-state index in [4.69, 9.17) is 5.73 Å². The number of nitrogen functional groups attached to an aromatic ring is 1. The average Bonchev–Trinajstić information content (AvgIpc) is 2.62. The van der Waals surface area contributed by atoms with Crippen LogP contribution in [0.3, 0.4) is 0 Å². The Kier molecular flexibility index (Phi) is 4.31. The van der Waals surface area contributed by atoms with E-state index in [1.54, 1.807) is 0 Å². The molecule has 1 rings (SSSR count). The fourth-order valence-electron chi connectivity index (χ4n) is 1.51. The number of methoxy groups -OCH3 is 1.